The monoisotopic (exact) mass is 273 g/mol. The lowest BCUT2D eigenvalue weighted by Crippen LogP contribution is -2.38. The average molecular weight is 273 g/mol. The van der Waals surface area contributed by atoms with Crippen LogP contribution in [-0.4, -0.2) is 29.1 Å². The Hall–Kier alpha value is -1.14. The smallest absolute Gasteiger partial charge is 0.325 e. The van der Waals surface area contributed by atoms with Gasteiger partial charge < -0.3 is 5.73 Å². The van der Waals surface area contributed by atoms with Gasteiger partial charge in [-0.1, -0.05) is 6.07 Å². The molecule has 1 fully saturated rings. The van der Waals surface area contributed by atoms with Gasteiger partial charge in [-0.05, 0) is 37.6 Å². The Morgan fingerprint density at radius 1 is 1.32 bits per heavy atom. The van der Waals surface area contributed by atoms with Gasteiger partial charge in [-0.2, -0.15) is 13.2 Å². The molecule has 1 aliphatic heterocycles. The number of piperidine rings is 1. The highest BCUT2D eigenvalue weighted by molar-refractivity contribution is 5.19. The lowest BCUT2D eigenvalue weighted by Gasteiger charge is -2.33. The fraction of sp³-hybridized carbons (Fsp3) is 0.615. The summed E-state index contributed by atoms with van der Waals surface area (Å²) in [6.45, 7) is 1.94. The third-order valence-electron chi connectivity index (χ3n) is 3.62. The van der Waals surface area contributed by atoms with Gasteiger partial charge in [0.25, 0.3) is 0 Å². The number of hydrogen-bond acceptors (Lipinski definition) is 3. The van der Waals surface area contributed by atoms with E-state index in [-0.39, 0.29) is 12.8 Å². The zero-order chi connectivity index (χ0) is 13.9. The van der Waals surface area contributed by atoms with Crippen molar-refractivity contribution in [1.82, 2.24) is 9.88 Å². The summed E-state index contributed by atoms with van der Waals surface area (Å²) in [4.78, 5) is 6.23. The Morgan fingerprint density at radius 2 is 2.00 bits per heavy atom. The molecule has 0 saturated carbocycles. The summed E-state index contributed by atoms with van der Waals surface area (Å²) in [5.74, 6) is -1.15. The number of aromatic nitrogens is 1. The molecule has 1 aromatic heterocycles. The normalized spacial score (nSPS) is 18.7. The largest absolute Gasteiger partial charge is 0.391 e. The van der Waals surface area contributed by atoms with Gasteiger partial charge in [-0.3, -0.25) is 9.88 Å². The molecule has 0 aromatic carbocycles. The number of nitrogens with two attached hydrogens (primary N) is 1. The molecule has 6 heteroatoms. The quantitative estimate of drug-likeness (QED) is 0.919. The third-order valence-corrected chi connectivity index (χ3v) is 3.62. The zero-order valence-corrected chi connectivity index (χ0v) is 10.7. The summed E-state index contributed by atoms with van der Waals surface area (Å²) < 4.78 is 37.7. The molecule has 2 heterocycles. The fourth-order valence-electron chi connectivity index (χ4n) is 2.46. The number of hydrogen-bond donors (Lipinski definition) is 1. The summed E-state index contributed by atoms with van der Waals surface area (Å²) in [6.07, 6.45) is -2.01. The maximum absolute atomic E-state index is 12.6. The first kappa shape index (κ1) is 14.3. The second-order valence-corrected chi connectivity index (χ2v) is 4.91. The molecule has 0 atom stereocenters. The van der Waals surface area contributed by atoms with Crippen molar-refractivity contribution in [1.29, 1.82) is 0 Å². The SMILES string of the molecule is NCc1ncccc1CN1CCC(C(F)(F)F)CC1. The van der Waals surface area contributed by atoms with E-state index >= 15 is 0 Å². The van der Waals surface area contributed by atoms with Crippen molar-refractivity contribution < 1.29 is 13.2 Å². The molecule has 0 amide bonds. The van der Waals surface area contributed by atoms with Crippen LogP contribution in [0.2, 0.25) is 0 Å². The first-order valence-corrected chi connectivity index (χ1v) is 6.42. The first-order chi connectivity index (χ1) is 9.00. The molecule has 0 radical (unpaired) electrons. The Balaban J connectivity index is 1.92. The predicted molar refractivity (Wildman–Crippen MR) is 66.2 cm³/mol. The highest BCUT2D eigenvalue weighted by atomic mass is 19.4. The molecule has 1 aromatic rings. The molecule has 2 N–H and O–H groups in total. The van der Waals surface area contributed by atoms with Crippen LogP contribution in [0.4, 0.5) is 13.2 Å². The van der Waals surface area contributed by atoms with Crippen LogP contribution in [0.5, 0.6) is 0 Å². The third kappa shape index (κ3) is 3.67. The number of alkyl halides is 3. The number of nitrogens with zero attached hydrogens (tertiary/aromatic N) is 2. The molecule has 3 nitrogen and oxygen atoms in total. The molecule has 2 rings (SSSR count). The minimum absolute atomic E-state index is 0.182. The van der Waals surface area contributed by atoms with Crippen LogP contribution in [0.3, 0.4) is 0 Å². The maximum Gasteiger partial charge on any atom is 0.391 e. The number of likely N-dealkylation sites (tertiary alicyclic amines) is 1. The van der Waals surface area contributed by atoms with Crippen LogP contribution >= 0.6 is 0 Å². The summed E-state index contributed by atoms with van der Waals surface area (Å²) >= 11 is 0. The summed E-state index contributed by atoms with van der Waals surface area (Å²) in [5.41, 5.74) is 7.43. The fourth-order valence-corrected chi connectivity index (χ4v) is 2.46. The zero-order valence-electron chi connectivity index (χ0n) is 10.7. The highest BCUT2D eigenvalue weighted by Crippen LogP contribution is 2.34. The molecule has 19 heavy (non-hydrogen) atoms. The van der Waals surface area contributed by atoms with Crippen molar-refractivity contribution in [2.75, 3.05) is 13.1 Å². The Morgan fingerprint density at radius 3 is 2.58 bits per heavy atom. The van der Waals surface area contributed by atoms with Gasteiger partial charge in [0.1, 0.15) is 0 Å². The van der Waals surface area contributed by atoms with Crippen molar-refractivity contribution in [3.05, 3.63) is 29.6 Å². The van der Waals surface area contributed by atoms with Gasteiger partial charge in [-0.25, -0.2) is 0 Å². The van der Waals surface area contributed by atoms with E-state index in [9.17, 15) is 13.2 Å². The summed E-state index contributed by atoms with van der Waals surface area (Å²) in [7, 11) is 0. The van der Waals surface area contributed by atoms with Crippen LogP contribution in [-0.2, 0) is 13.1 Å². The average Bonchev–Trinajstić information content (AvgIpc) is 2.39. The summed E-state index contributed by atoms with van der Waals surface area (Å²) in [5, 5.41) is 0. The second-order valence-electron chi connectivity index (χ2n) is 4.91. The van der Waals surface area contributed by atoms with E-state index in [2.05, 4.69) is 4.98 Å². The number of rotatable bonds is 3. The van der Waals surface area contributed by atoms with Crippen molar-refractivity contribution in [2.45, 2.75) is 32.1 Å². The minimum Gasteiger partial charge on any atom is -0.325 e. The lowest BCUT2D eigenvalue weighted by molar-refractivity contribution is -0.185. The van der Waals surface area contributed by atoms with Crippen molar-refractivity contribution in [3.63, 3.8) is 0 Å². The van der Waals surface area contributed by atoms with Gasteiger partial charge in [0.15, 0.2) is 0 Å². The maximum atomic E-state index is 12.6. The van der Waals surface area contributed by atoms with Crippen molar-refractivity contribution >= 4 is 0 Å². The highest BCUT2D eigenvalue weighted by Gasteiger charge is 2.40. The van der Waals surface area contributed by atoms with E-state index in [0.717, 1.165) is 11.3 Å². The lowest BCUT2D eigenvalue weighted by atomic mass is 9.96. The van der Waals surface area contributed by atoms with Gasteiger partial charge in [0.05, 0.1) is 11.6 Å². The van der Waals surface area contributed by atoms with Gasteiger partial charge in [0.2, 0.25) is 0 Å². The Labute approximate surface area is 110 Å². The van der Waals surface area contributed by atoms with Crippen LogP contribution in [0.25, 0.3) is 0 Å². The Bertz CT molecular complexity index is 412. The van der Waals surface area contributed by atoms with E-state index in [1.54, 1.807) is 6.20 Å². The predicted octanol–water partition coefficient (Wildman–Crippen LogP) is 2.31. The van der Waals surface area contributed by atoms with E-state index in [0.29, 0.717) is 26.2 Å². The molecule has 1 aliphatic rings. The molecule has 0 bridgehead atoms. The van der Waals surface area contributed by atoms with E-state index in [1.165, 1.54) is 0 Å². The van der Waals surface area contributed by atoms with Crippen molar-refractivity contribution in [2.24, 2.45) is 11.7 Å². The molecule has 0 unspecified atom stereocenters. The Kier molecular flexibility index (Phi) is 4.42. The van der Waals surface area contributed by atoms with Gasteiger partial charge >= 0.3 is 6.18 Å². The van der Waals surface area contributed by atoms with Gasteiger partial charge in [-0.15, -0.1) is 0 Å². The molecule has 1 saturated heterocycles. The number of halogens is 3. The van der Waals surface area contributed by atoms with E-state index in [1.807, 2.05) is 17.0 Å². The van der Waals surface area contributed by atoms with Crippen LogP contribution < -0.4 is 5.73 Å². The standard InChI is InChI=1S/C13H18F3N3/c14-13(15,16)11-3-6-19(7-4-11)9-10-2-1-5-18-12(10)8-17/h1-2,5,11H,3-4,6-9,17H2. The van der Waals surface area contributed by atoms with E-state index in [4.69, 9.17) is 5.73 Å². The number of pyridine rings is 1. The second kappa shape index (κ2) is 5.88. The molecule has 106 valence electrons. The van der Waals surface area contributed by atoms with Crippen molar-refractivity contribution in [3.8, 4) is 0 Å². The first-order valence-electron chi connectivity index (χ1n) is 6.42. The van der Waals surface area contributed by atoms with Crippen LogP contribution in [0, 0.1) is 5.92 Å². The van der Waals surface area contributed by atoms with Crippen LogP contribution in [0.15, 0.2) is 18.3 Å². The topological polar surface area (TPSA) is 42.1 Å². The minimum atomic E-state index is -4.05. The molecular weight excluding hydrogens is 255 g/mol. The molecule has 0 spiro atoms. The summed E-state index contributed by atoms with van der Waals surface area (Å²) in [6, 6.07) is 3.77. The van der Waals surface area contributed by atoms with Crippen LogP contribution in [0.1, 0.15) is 24.1 Å². The van der Waals surface area contributed by atoms with Gasteiger partial charge in [0, 0.05) is 19.3 Å². The molecule has 0 aliphatic carbocycles. The molecular formula is C13H18F3N3. The van der Waals surface area contributed by atoms with E-state index < -0.39 is 12.1 Å².